The third-order valence-electron chi connectivity index (χ3n) is 3.50. The molecular weight excluding hydrogens is 270 g/mol. The van der Waals surface area contributed by atoms with Crippen molar-refractivity contribution in [3.05, 3.63) is 35.9 Å². The van der Waals surface area contributed by atoms with Crippen LogP contribution in [0.4, 0.5) is 4.79 Å². The molecule has 5 nitrogen and oxygen atoms in total. The molecule has 0 unspecified atom stereocenters. The molecule has 0 bridgehead atoms. The first-order valence-corrected chi connectivity index (χ1v) is 7.33. The Labute approximate surface area is 124 Å². The summed E-state index contributed by atoms with van der Waals surface area (Å²) < 4.78 is 10.3. The maximum atomic E-state index is 12.1. The summed E-state index contributed by atoms with van der Waals surface area (Å²) in [6, 6.07) is 9.57. The van der Waals surface area contributed by atoms with E-state index in [1.165, 1.54) is 0 Å². The minimum Gasteiger partial charge on any atom is -0.461 e. The minimum atomic E-state index is -0.349. The molecular formula is C16H21NO4. The molecule has 0 saturated carbocycles. The Morgan fingerprint density at radius 1 is 1.24 bits per heavy atom. The van der Waals surface area contributed by atoms with Gasteiger partial charge in [-0.1, -0.05) is 30.3 Å². The van der Waals surface area contributed by atoms with Gasteiger partial charge in [0.25, 0.3) is 0 Å². The smallest absolute Gasteiger partial charge is 0.409 e. The van der Waals surface area contributed by atoms with Gasteiger partial charge in [-0.25, -0.2) is 4.79 Å². The molecule has 0 aliphatic carbocycles. The van der Waals surface area contributed by atoms with Gasteiger partial charge in [-0.05, 0) is 25.3 Å². The number of ether oxygens (including phenoxy) is 2. The number of hydrogen-bond acceptors (Lipinski definition) is 4. The van der Waals surface area contributed by atoms with E-state index in [9.17, 15) is 9.59 Å². The van der Waals surface area contributed by atoms with Crippen LogP contribution < -0.4 is 0 Å². The van der Waals surface area contributed by atoms with Gasteiger partial charge in [0.1, 0.15) is 6.61 Å². The molecule has 114 valence electrons. The summed E-state index contributed by atoms with van der Waals surface area (Å²) in [5.74, 6) is -0.500. The molecule has 1 saturated heterocycles. The van der Waals surface area contributed by atoms with Gasteiger partial charge < -0.3 is 14.4 Å². The molecule has 1 aromatic carbocycles. The highest BCUT2D eigenvalue weighted by Crippen LogP contribution is 2.19. The van der Waals surface area contributed by atoms with Crippen LogP contribution in [0.25, 0.3) is 0 Å². The van der Waals surface area contributed by atoms with Crippen LogP contribution in [0.5, 0.6) is 0 Å². The van der Waals surface area contributed by atoms with Crippen LogP contribution in [0, 0.1) is 5.92 Å². The number of benzene rings is 1. The van der Waals surface area contributed by atoms with Crippen LogP contribution in [0.3, 0.4) is 0 Å². The number of rotatable bonds is 4. The molecule has 1 heterocycles. The maximum Gasteiger partial charge on any atom is 0.409 e. The topological polar surface area (TPSA) is 55.8 Å². The first-order valence-electron chi connectivity index (χ1n) is 7.33. The number of likely N-dealkylation sites (tertiary alicyclic amines) is 1. The second-order valence-corrected chi connectivity index (χ2v) is 5.08. The Morgan fingerprint density at radius 3 is 2.71 bits per heavy atom. The zero-order chi connectivity index (χ0) is 15.1. The largest absolute Gasteiger partial charge is 0.461 e. The number of amides is 1. The number of piperidine rings is 1. The Morgan fingerprint density at radius 2 is 2.00 bits per heavy atom. The molecule has 1 amide bonds. The highest BCUT2D eigenvalue weighted by Gasteiger charge is 2.30. The lowest BCUT2D eigenvalue weighted by Crippen LogP contribution is -2.43. The lowest BCUT2D eigenvalue weighted by Gasteiger charge is -2.30. The van der Waals surface area contributed by atoms with Crippen LogP contribution >= 0.6 is 0 Å². The quantitative estimate of drug-likeness (QED) is 0.800. The van der Waals surface area contributed by atoms with Crippen molar-refractivity contribution < 1.29 is 19.1 Å². The lowest BCUT2D eigenvalue weighted by atomic mass is 9.98. The van der Waals surface area contributed by atoms with Crippen molar-refractivity contribution in [2.45, 2.75) is 26.4 Å². The number of carbonyl (C=O) groups excluding carboxylic acids is 2. The molecule has 1 fully saturated rings. The van der Waals surface area contributed by atoms with Crippen molar-refractivity contribution in [3.8, 4) is 0 Å². The van der Waals surface area contributed by atoms with Gasteiger partial charge in [0.2, 0.25) is 0 Å². The molecule has 1 atom stereocenters. The molecule has 1 aromatic rings. The molecule has 0 spiro atoms. The van der Waals surface area contributed by atoms with E-state index < -0.39 is 0 Å². The van der Waals surface area contributed by atoms with E-state index in [1.807, 2.05) is 30.3 Å². The summed E-state index contributed by atoms with van der Waals surface area (Å²) in [6.07, 6.45) is 1.20. The zero-order valence-corrected chi connectivity index (χ0v) is 12.3. The molecule has 0 aromatic heterocycles. The second kappa shape index (κ2) is 7.67. The van der Waals surface area contributed by atoms with Crippen LogP contribution in [0.1, 0.15) is 25.3 Å². The summed E-state index contributed by atoms with van der Waals surface area (Å²) in [4.78, 5) is 25.4. The number of hydrogen-bond donors (Lipinski definition) is 0. The molecule has 21 heavy (non-hydrogen) atoms. The fourth-order valence-electron chi connectivity index (χ4n) is 2.40. The van der Waals surface area contributed by atoms with Gasteiger partial charge in [0.05, 0.1) is 12.5 Å². The van der Waals surface area contributed by atoms with Crippen LogP contribution in [-0.2, 0) is 20.9 Å². The summed E-state index contributed by atoms with van der Waals surface area (Å²) in [5, 5.41) is 0. The van der Waals surface area contributed by atoms with Crippen molar-refractivity contribution in [1.82, 2.24) is 4.90 Å². The normalized spacial score (nSPS) is 18.1. The molecule has 0 radical (unpaired) electrons. The number of carbonyl (C=O) groups is 2. The van der Waals surface area contributed by atoms with Crippen LogP contribution in [0.2, 0.25) is 0 Å². The van der Waals surface area contributed by atoms with E-state index in [0.29, 0.717) is 19.7 Å². The number of esters is 1. The highest BCUT2D eigenvalue weighted by molar-refractivity contribution is 5.74. The van der Waals surface area contributed by atoms with Gasteiger partial charge in [-0.2, -0.15) is 0 Å². The van der Waals surface area contributed by atoms with Gasteiger partial charge >= 0.3 is 12.1 Å². The third kappa shape index (κ3) is 4.48. The van der Waals surface area contributed by atoms with Gasteiger partial charge in [-0.3, -0.25) is 4.79 Å². The standard InChI is InChI=1S/C16H21NO4/c1-2-20-16(19)17-10-6-9-14(11-17)15(18)21-12-13-7-4-3-5-8-13/h3-5,7-8,14H,2,6,9-12H2,1H3/t14-/m0/s1. The molecule has 1 aliphatic heterocycles. The summed E-state index contributed by atoms with van der Waals surface area (Å²) in [5.41, 5.74) is 0.962. The van der Waals surface area contributed by atoms with Crippen molar-refractivity contribution in [1.29, 1.82) is 0 Å². The van der Waals surface area contributed by atoms with E-state index in [0.717, 1.165) is 18.4 Å². The van der Waals surface area contributed by atoms with Crippen LogP contribution in [-0.4, -0.2) is 36.7 Å². The summed E-state index contributed by atoms with van der Waals surface area (Å²) >= 11 is 0. The fourth-order valence-corrected chi connectivity index (χ4v) is 2.40. The summed E-state index contributed by atoms with van der Waals surface area (Å²) in [6.45, 7) is 3.41. The summed E-state index contributed by atoms with van der Waals surface area (Å²) in [7, 11) is 0. The first kappa shape index (κ1) is 15.4. The SMILES string of the molecule is CCOC(=O)N1CCC[C@H](C(=O)OCc2ccccc2)C1. The third-order valence-corrected chi connectivity index (χ3v) is 3.50. The number of nitrogens with zero attached hydrogens (tertiary/aromatic N) is 1. The van der Waals surface area contributed by atoms with E-state index in [1.54, 1.807) is 11.8 Å². The Bertz CT molecular complexity index is 474. The highest BCUT2D eigenvalue weighted by atomic mass is 16.6. The predicted molar refractivity (Wildman–Crippen MR) is 77.6 cm³/mol. The molecule has 5 heteroatoms. The Balaban J connectivity index is 1.83. The van der Waals surface area contributed by atoms with Crippen molar-refractivity contribution >= 4 is 12.1 Å². The van der Waals surface area contributed by atoms with Crippen LogP contribution in [0.15, 0.2) is 30.3 Å². The maximum absolute atomic E-state index is 12.1. The predicted octanol–water partition coefficient (Wildman–Crippen LogP) is 2.60. The van der Waals surface area contributed by atoms with Gasteiger partial charge in [0, 0.05) is 13.1 Å². The van der Waals surface area contributed by atoms with E-state index in [-0.39, 0.29) is 24.6 Å². The van der Waals surface area contributed by atoms with Gasteiger partial charge in [0.15, 0.2) is 0 Å². The van der Waals surface area contributed by atoms with E-state index >= 15 is 0 Å². The Kier molecular flexibility index (Phi) is 5.60. The van der Waals surface area contributed by atoms with Crippen molar-refractivity contribution in [2.24, 2.45) is 5.92 Å². The molecule has 1 aliphatic rings. The average Bonchev–Trinajstić information content (AvgIpc) is 2.54. The molecule has 2 rings (SSSR count). The zero-order valence-electron chi connectivity index (χ0n) is 12.3. The van der Waals surface area contributed by atoms with E-state index in [4.69, 9.17) is 9.47 Å². The average molecular weight is 291 g/mol. The lowest BCUT2D eigenvalue weighted by molar-refractivity contribution is -0.151. The van der Waals surface area contributed by atoms with Crippen molar-refractivity contribution in [2.75, 3.05) is 19.7 Å². The first-order chi connectivity index (χ1) is 10.2. The monoisotopic (exact) mass is 291 g/mol. The van der Waals surface area contributed by atoms with Crippen molar-refractivity contribution in [3.63, 3.8) is 0 Å². The molecule has 0 N–H and O–H groups in total. The van der Waals surface area contributed by atoms with E-state index in [2.05, 4.69) is 0 Å². The second-order valence-electron chi connectivity index (χ2n) is 5.08. The fraction of sp³-hybridized carbons (Fsp3) is 0.500. The van der Waals surface area contributed by atoms with Gasteiger partial charge in [-0.15, -0.1) is 0 Å². The minimum absolute atomic E-state index is 0.243. The Hall–Kier alpha value is -2.04.